The lowest BCUT2D eigenvalue weighted by Gasteiger charge is -2.34. The molecule has 32 heavy (non-hydrogen) atoms. The fourth-order valence-electron chi connectivity index (χ4n) is 4.17. The molecule has 3 heterocycles. The Morgan fingerprint density at radius 2 is 2.00 bits per heavy atom. The van der Waals surface area contributed by atoms with Crippen LogP contribution in [0.15, 0.2) is 52.1 Å². The van der Waals surface area contributed by atoms with Crippen LogP contribution in [-0.2, 0) is 22.4 Å². The average molecular weight is 442 g/mol. The number of hydrogen-bond acceptors (Lipinski definition) is 5. The molecule has 2 aliphatic heterocycles. The maximum absolute atomic E-state index is 6.14. The Morgan fingerprint density at radius 3 is 2.69 bits per heavy atom. The Balaban J connectivity index is 1.31. The van der Waals surface area contributed by atoms with Crippen molar-refractivity contribution in [3.8, 4) is 5.75 Å². The van der Waals surface area contributed by atoms with E-state index in [2.05, 4.69) is 22.3 Å². The lowest BCUT2D eigenvalue weighted by molar-refractivity contribution is -0.0367. The van der Waals surface area contributed by atoms with E-state index in [1.165, 1.54) is 0 Å². The third-order valence-corrected chi connectivity index (χ3v) is 6.09. The second-order valence-electron chi connectivity index (χ2n) is 8.40. The topological polar surface area (TPSA) is 68.5 Å². The number of benzene rings is 1. The number of nitrogens with zero attached hydrogens (tertiary/aromatic N) is 2. The van der Waals surface area contributed by atoms with E-state index in [-0.39, 0.29) is 6.10 Å². The zero-order valence-electron chi connectivity index (χ0n) is 19.0. The van der Waals surface area contributed by atoms with Crippen LogP contribution >= 0.6 is 0 Å². The molecule has 7 heteroatoms. The molecule has 0 spiro atoms. The molecule has 0 aliphatic carbocycles. The summed E-state index contributed by atoms with van der Waals surface area (Å²) in [7, 11) is 1.68. The first-order chi connectivity index (χ1) is 15.8. The van der Waals surface area contributed by atoms with E-state index >= 15 is 0 Å². The van der Waals surface area contributed by atoms with Crippen LogP contribution in [0.4, 0.5) is 0 Å². The first kappa shape index (κ1) is 22.7. The number of nitrogens with one attached hydrogen (secondary N) is 1. The van der Waals surface area contributed by atoms with Crippen molar-refractivity contribution in [1.29, 1.82) is 0 Å². The zero-order chi connectivity index (χ0) is 22.0. The van der Waals surface area contributed by atoms with Crippen LogP contribution in [-0.4, -0.2) is 63.0 Å². The zero-order valence-corrected chi connectivity index (χ0v) is 19.0. The van der Waals surface area contributed by atoms with Gasteiger partial charge in [-0.25, -0.2) is 4.99 Å². The summed E-state index contributed by atoms with van der Waals surface area (Å²) in [6, 6.07) is 12.0. The summed E-state index contributed by atoms with van der Waals surface area (Å²) in [4.78, 5) is 7.27. The Morgan fingerprint density at radius 1 is 1.16 bits per heavy atom. The van der Waals surface area contributed by atoms with E-state index in [9.17, 15) is 0 Å². The number of guanidine groups is 1. The van der Waals surface area contributed by atoms with Gasteiger partial charge >= 0.3 is 0 Å². The molecule has 4 rings (SSSR count). The summed E-state index contributed by atoms with van der Waals surface area (Å²) in [6.07, 6.45) is 7.44. The minimum atomic E-state index is 0.290. The Bertz CT molecular complexity index is 808. The minimum Gasteiger partial charge on any atom is -0.497 e. The fraction of sp³-hybridized carbons (Fsp3) is 0.560. The average Bonchev–Trinajstić information content (AvgIpc) is 3.55. The predicted molar refractivity (Wildman–Crippen MR) is 124 cm³/mol. The molecule has 0 bridgehead atoms. The van der Waals surface area contributed by atoms with Crippen molar-refractivity contribution in [2.75, 3.05) is 40.0 Å². The van der Waals surface area contributed by atoms with E-state index < -0.39 is 0 Å². The quantitative estimate of drug-likeness (QED) is 0.473. The van der Waals surface area contributed by atoms with Gasteiger partial charge < -0.3 is 28.8 Å². The molecule has 1 aromatic heterocycles. The molecule has 1 N–H and O–H groups in total. The lowest BCUT2D eigenvalue weighted by atomic mass is 10.1. The Hall–Kier alpha value is -2.51. The van der Waals surface area contributed by atoms with Crippen LogP contribution in [0.5, 0.6) is 5.75 Å². The summed E-state index contributed by atoms with van der Waals surface area (Å²) < 4.78 is 22.5. The van der Waals surface area contributed by atoms with Gasteiger partial charge in [-0.3, -0.25) is 0 Å². The van der Waals surface area contributed by atoms with Crippen molar-refractivity contribution < 1.29 is 18.6 Å². The molecule has 1 aromatic carbocycles. The molecule has 2 fully saturated rings. The molecular weight excluding hydrogens is 406 g/mol. The third kappa shape index (κ3) is 6.74. The number of rotatable bonds is 9. The Kier molecular flexibility index (Phi) is 8.45. The van der Waals surface area contributed by atoms with Crippen molar-refractivity contribution in [3.63, 3.8) is 0 Å². The van der Waals surface area contributed by atoms with Gasteiger partial charge in [0, 0.05) is 32.7 Å². The van der Waals surface area contributed by atoms with E-state index in [1.54, 1.807) is 13.4 Å². The molecule has 1 atom stereocenters. The molecule has 0 radical (unpaired) electrons. The minimum absolute atomic E-state index is 0.290. The van der Waals surface area contributed by atoms with Crippen LogP contribution in [0, 0.1) is 0 Å². The van der Waals surface area contributed by atoms with E-state index in [1.807, 2.05) is 24.3 Å². The van der Waals surface area contributed by atoms with E-state index in [0.29, 0.717) is 12.6 Å². The van der Waals surface area contributed by atoms with Gasteiger partial charge in [0.2, 0.25) is 0 Å². The number of hydrogen-bond donors (Lipinski definition) is 1. The van der Waals surface area contributed by atoms with Crippen molar-refractivity contribution in [3.05, 3.63) is 54.0 Å². The van der Waals surface area contributed by atoms with Gasteiger partial charge in [-0.15, -0.1) is 0 Å². The standard InChI is InChI=1S/C25H35N3O4/c1-29-21-8-6-20(7-9-21)18-27-25(26-13-10-22-4-2-16-30-22)28-14-11-23(12-15-28)32-19-24-5-3-17-31-24/h2,4,6-9,16,23-24H,3,5,10-15,17-19H2,1H3,(H,26,27). The monoisotopic (exact) mass is 441 g/mol. The highest BCUT2D eigenvalue weighted by Crippen LogP contribution is 2.18. The molecule has 1 unspecified atom stereocenters. The molecule has 2 aromatic rings. The fourth-order valence-corrected chi connectivity index (χ4v) is 4.17. The van der Waals surface area contributed by atoms with Gasteiger partial charge in [-0.1, -0.05) is 12.1 Å². The van der Waals surface area contributed by atoms with E-state index in [4.69, 9.17) is 23.6 Å². The first-order valence-electron chi connectivity index (χ1n) is 11.7. The van der Waals surface area contributed by atoms with Gasteiger partial charge in [-0.05, 0) is 55.5 Å². The largest absolute Gasteiger partial charge is 0.497 e. The van der Waals surface area contributed by atoms with Gasteiger partial charge in [0.25, 0.3) is 0 Å². The highest BCUT2D eigenvalue weighted by Gasteiger charge is 2.24. The van der Waals surface area contributed by atoms with Crippen molar-refractivity contribution in [2.24, 2.45) is 4.99 Å². The van der Waals surface area contributed by atoms with Gasteiger partial charge in [-0.2, -0.15) is 0 Å². The SMILES string of the molecule is COc1ccc(CN=C(NCCc2ccco2)N2CCC(OCC3CCCO3)CC2)cc1. The molecule has 7 nitrogen and oxygen atoms in total. The number of furan rings is 1. The number of ether oxygens (including phenoxy) is 3. The maximum atomic E-state index is 6.14. The maximum Gasteiger partial charge on any atom is 0.194 e. The van der Waals surface area contributed by atoms with Gasteiger partial charge in [0.15, 0.2) is 5.96 Å². The predicted octanol–water partition coefficient (Wildman–Crippen LogP) is 3.64. The second-order valence-corrected chi connectivity index (χ2v) is 8.40. The highest BCUT2D eigenvalue weighted by molar-refractivity contribution is 5.80. The highest BCUT2D eigenvalue weighted by atomic mass is 16.5. The molecular formula is C25H35N3O4. The number of piperidine rings is 1. The van der Waals surface area contributed by atoms with Crippen molar-refractivity contribution in [1.82, 2.24) is 10.2 Å². The summed E-state index contributed by atoms with van der Waals surface area (Å²) >= 11 is 0. The number of aliphatic imine (C=N–C) groups is 1. The van der Waals surface area contributed by atoms with Crippen molar-refractivity contribution in [2.45, 2.75) is 50.9 Å². The van der Waals surface area contributed by atoms with Crippen LogP contribution in [0.2, 0.25) is 0 Å². The van der Waals surface area contributed by atoms with Gasteiger partial charge in [0.1, 0.15) is 11.5 Å². The summed E-state index contributed by atoms with van der Waals surface area (Å²) in [5.41, 5.74) is 1.16. The second kappa shape index (κ2) is 11.9. The molecule has 174 valence electrons. The van der Waals surface area contributed by atoms with E-state index in [0.717, 1.165) is 88.0 Å². The van der Waals surface area contributed by atoms with Crippen LogP contribution in [0.25, 0.3) is 0 Å². The molecule has 2 aliphatic rings. The molecule has 0 saturated carbocycles. The third-order valence-electron chi connectivity index (χ3n) is 6.09. The van der Waals surface area contributed by atoms with Gasteiger partial charge in [0.05, 0.1) is 38.7 Å². The molecule has 2 saturated heterocycles. The van der Waals surface area contributed by atoms with Crippen LogP contribution < -0.4 is 10.1 Å². The number of methoxy groups -OCH3 is 1. The summed E-state index contributed by atoms with van der Waals surface area (Å²) in [5, 5.41) is 3.54. The molecule has 0 amide bonds. The summed E-state index contributed by atoms with van der Waals surface area (Å²) in [6.45, 7) is 4.89. The first-order valence-corrected chi connectivity index (χ1v) is 11.7. The van der Waals surface area contributed by atoms with Crippen molar-refractivity contribution >= 4 is 5.96 Å². The van der Waals surface area contributed by atoms with Crippen LogP contribution in [0.3, 0.4) is 0 Å². The summed E-state index contributed by atoms with van der Waals surface area (Å²) in [5.74, 6) is 2.79. The van der Waals surface area contributed by atoms with Crippen LogP contribution in [0.1, 0.15) is 37.0 Å². The Labute approximate surface area is 190 Å². The lowest BCUT2D eigenvalue weighted by Crippen LogP contribution is -2.47. The normalized spacial score (nSPS) is 20.0. The smallest absolute Gasteiger partial charge is 0.194 e. The number of likely N-dealkylation sites (tertiary alicyclic amines) is 1.